The van der Waals surface area contributed by atoms with Gasteiger partial charge in [0.2, 0.25) is 5.91 Å². The smallest absolute Gasteiger partial charge is 0.240 e. The van der Waals surface area contributed by atoms with Gasteiger partial charge in [0.1, 0.15) is 5.54 Å². The van der Waals surface area contributed by atoms with Crippen LogP contribution in [0.25, 0.3) is 0 Å². The van der Waals surface area contributed by atoms with E-state index in [1.54, 1.807) is 0 Å². The third kappa shape index (κ3) is 3.42. The molecule has 0 aromatic carbocycles. The molecule has 23 heavy (non-hydrogen) atoms. The number of hydrogen-bond acceptors (Lipinski definition) is 3. The molecule has 1 aliphatic carbocycles. The van der Waals surface area contributed by atoms with Crippen LogP contribution in [0.15, 0.2) is 18.3 Å². The van der Waals surface area contributed by atoms with Crippen molar-refractivity contribution in [3.05, 3.63) is 29.6 Å². The van der Waals surface area contributed by atoms with Crippen LogP contribution < -0.4 is 5.32 Å². The average Bonchev–Trinajstić information content (AvgIpc) is 3.21. The van der Waals surface area contributed by atoms with Crippen LogP contribution in [0.4, 0.5) is 0 Å². The van der Waals surface area contributed by atoms with Crippen molar-refractivity contribution in [3.8, 4) is 0 Å². The molecule has 0 spiro atoms. The Morgan fingerprint density at radius 3 is 2.65 bits per heavy atom. The quantitative estimate of drug-likeness (QED) is 0.909. The third-order valence-electron chi connectivity index (χ3n) is 5.56. The predicted molar refractivity (Wildman–Crippen MR) is 92.3 cm³/mol. The highest BCUT2D eigenvalue weighted by Crippen LogP contribution is 2.37. The lowest BCUT2D eigenvalue weighted by atomic mass is 9.93. The number of likely N-dealkylation sites (tertiary alicyclic amines) is 1. The summed E-state index contributed by atoms with van der Waals surface area (Å²) in [4.78, 5) is 20.0. The number of carbonyl (C=O) groups excluding carboxylic acids is 1. The molecule has 2 fully saturated rings. The van der Waals surface area contributed by atoms with Crippen molar-refractivity contribution in [1.29, 1.82) is 0 Å². The van der Waals surface area contributed by atoms with Gasteiger partial charge in [-0.15, -0.1) is 0 Å². The van der Waals surface area contributed by atoms with Gasteiger partial charge in [0.05, 0.1) is 0 Å². The van der Waals surface area contributed by atoms with Crippen LogP contribution in [0.3, 0.4) is 0 Å². The van der Waals surface area contributed by atoms with E-state index in [9.17, 15) is 4.79 Å². The van der Waals surface area contributed by atoms with E-state index in [2.05, 4.69) is 35.1 Å². The number of hydrogen-bond donors (Lipinski definition) is 1. The van der Waals surface area contributed by atoms with Gasteiger partial charge in [-0.2, -0.15) is 0 Å². The first kappa shape index (κ1) is 16.4. The van der Waals surface area contributed by atoms with E-state index < -0.39 is 0 Å². The second-order valence-electron chi connectivity index (χ2n) is 7.28. The maximum Gasteiger partial charge on any atom is 0.240 e. The maximum atomic E-state index is 13.1. The van der Waals surface area contributed by atoms with E-state index >= 15 is 0 Å². The molecule has 1 saturated heterocycles. The number of aryl methyl sites for hydroxylation is 1. The molecular formula is C19H29N3O. The number of aromatic nitrogens is 1. The van der Waals surface area contributed by atoms with E-state index in [0.717, 1.165) is 38.0 Å². The molecule has 1 aromatic heterocycles. The van der Waals surface area contributed by atoms with Crippen molar-refractivity contribution >= 4 is 5.91 Å². The van der Waals surface area contributed by atoms with Crippen LogP contribution in [-0.4, -0.2) is 40.5 Å². The Morgan fingerprint density at radius 2 is 2.00 bits per heavy atom. The van der Waals surface area contributed by atoms with E-state index in [1.165, 1.54) is 31.2 Å². The monoisotopic (exact) mass is 315 g/mol. The van der Waals surface area contributed by atoms with E-state index in [1.807, 2.05) is 12.3 Å². The topological polar surface area (TPSA) is 45.2 Å². The molecule has 4 heteroatoms. The Morgan fingerprint density at radius 1 is 1.30 bits per heavy atom. The second-order valence-corrected chi connectivity index (χ2v) is 7.28. The van der Waals surface area contributed by atoms with Crippen molar-refractivity contribution < 1.29 is 4.79 Å². The lowest BCUT2D eigenvalue weighted by Crippen LogP contribution is -2.58. The van der Waals surface area contributed by atoms with Crippen molar-refractivity contribution in [3.63, 3.8) is 0 Å². The molecule has 0 radical (unpaired) electrons. The number of carbonyl (C=O) groups is 1. The highest BCUT2D eigenvalue weighted by atomic mass is 16.2. The van der Waals surface area contributed by atoms with Gasteiger partial charge in [-0.25, -0.2) is 0 Å². The fourth-order valence-electron chi connectivity index (χ4n) is 4.22. The van der Waals surface area contributed by atoms with Crippen LogP contribution in [0.5, 0.6) is 0 Å². The lowest BCUT2D eigenvalue weighted by molar-refractivity contribution is -0.133. The predicted octanol–water partition coefficient (Wildman–Crippen LogP) is 2.85. The van der Waals surface area contributed by atoms with Gasteiger partial charge in [0, 0.05) is 24.4 Å². The fourth-order valence-corrected chi connectivity index (χ4v) is 4.22. The highest BCUT2D eigenvalue weighted by Gasteiger charge is 2.46. The average molecular weight is 315 g/mol. The highest BCUT2D eigenvalue weighted by molar-refractivity contribution is 5.87. The zero-order valence-corrected chi connectivity index (χ0v) is 14.5. The summed E-state index contributed by atoms with van der Waals surface area (Å²) in [6.45, 7) is 6.35. The van der Waals surface area contributed by atoms with Crippen LogP contribution >= 0.6 is 0 Å². The Balaban J connectivity index is 1.66. The SMILES string of the molecule is Cc1cccnc1C[C@H](C)NC(=O)C1(N2CCCC2)CCCC1. The molecule has 1 aliphatic heterocycles. The summed E-state index contributed by atoms with van der Waals surface area (Å²) in [6, 6.07) is 4.17. The molecule has 1 amide bonds. The van der Waals surface area contributed by atoms with E-state index in [-0.39, 0.29) is 17.5 Å². The normalized spacial score (nSPS) is 22.2. The van der Waals surface area contributed by atoms with Gasteiger partial charge in [0.15, 0.2) is 0 Å². The summed E-state index contributed by atoms with van der Waals surface area (Å²) in [5.41, 5.74) is 2.05. The Labute approximate surface area is 139 Å². The summed E-state index contributed by atoms with van der Waals surface area (Å²) >= 11 is 0. The Bertz CT molecular complexity index is 545. The zero-order valence-electron chi connectivity index (χ0n) is 14.5. The minimum atomic E-state index is -0.232. The molecule has 0 bridgehead atoms. The van der Waals surface area contributed by atoms with Crippen LogP contribution in [0.2, 0.25) is 0 Å². The molecule has 1 saturated carbocycles. The van der Waals surface area contributed by atoms with Crippen LogP contribution in [0, 0.1) is 6.92 Å². The molecule has 2 aliphatic rings. The van der Waals surface area contributed by atoms with E-state index in [4.69, 9.17) is 0 Å². The molecule has 3 rings (SSSR count). The third-order valence-corrected chi connectivity index (χ3v) is 5.56. The van der Waals surface area contributed by atoms with Gasteiger partial charge < -0.3 is 5.32 Å². The first-order chi connectivity index (χ1) is 11.1. The minimum Gasteiger partial charge on any atom is -0.352 e. The molecule has 0 unspecified atom stereocenters. The van der Waals surface area contributed by atoms with Crippen molar-refractivity contribution in [1.82, 2.24) is 15.2 Å². The zero-order chi connectivity index (χ0) is 16.3. The van der Waals surface area contributed by atoms with Crippen molar-refractivity contribution in [2.45, 2.75) is 70.4 Å². The number of rotatable bonds is 5. The summed E-state index contributed by atoms with van der Waals surface area (Å²) in [5.74, 6) is 0.248. The maximum absolute atomic E-state index is 13.1. The molecule has 126 valence electrons. The second kappa shape index (κ2) is 7.00. The molecule has 1 N–H and O–H groups in total. The summed E-state index contributed by atoms with van der Waals surface area (Å²) in [5, 5.41) is 3.29. The minimum absolute atomic E-state index is 0.121. The first-order valence-electron chi connectivity index (χ1n) is 9.08. The Kier molecular flexibility index (Phi) is 5.00. The van der Waals surface area contributed by atoms with E-state index in [0.29, 0.717) is 0 Å². The van der Waals surface area contributed by atoms with Crippen molar-refractivity contribution in [2.24, 2.45) is 0 Å². The number of amides is 1. The van der Waals surface area contributed by atoms with Gasteiger partial charge in [-0.1, -0.05) is 18.9 Å². The standard InChI is InChI=1S/C19H29N3O/c1-15-8-7-11-20-17(15)14-16(2)21-18(23)19(9-3-4-10-19)22-12-5-6-13-22/h7-8,11,16H,3-6,9-10,12-14H2,1-2H3,(H,21,23)/t16-/m0/s1. The summed E-state index contributed by atoms with van der Waals surface area (Å²) in [7, 11) is 0. The molecular weight excluding hydrogens is 286 g/mol. The summed E-state index contributed by atoms with van der Waals surface area (Å²) < 4.78 is 0. The van der Waals surface area contributed by atoms with Crippen molar-refractivity contribution in [2.75, 3.05) is 13.1 Å². The van der Waals surface area contributed by atoms with Gasteiger partial charge in [0.25, 0.3) is 0 Å². The van der Waals surface area contributed by atoms with Gasteiger partial charge in [-0.05, 0) is 64.3 Å². The summed E-state index contributed by atoms with van der Waals surface area (Å²) in [6.07, 6.45) is 9.50. The lowest BCUT2D eigenvalue weighted by Gasteiger charge is -2.38. The Hall–Kier alpha value is -1.42. The number of nitrogens with zero attached hydrogens (tertiary/aromatic N) is 2. The van der Waals surface area contributed by atoms with Gasteiger partial charge >= 0.3 is 0 Å². The largest absolute Gasteiger partial charge is 0.352 e. The van der Waals surface area contributed by atoms with Crippen LogP contribution in [-0.2, 0) is 11.2 Å². The molecule has 1 aromatic rings. The molecule has 1 atom stereocenters. The van der Waals surface area contributed by atoms with Crippen LogP contribution in [0.1, 0.15) is 56.7 Å². The van der Waals surface area contributed by atoms with Gasteiger partial charge in [-0.3, -0.25) is 14.7 Å². The fraction of sp³-hybridized carbons (Fsp3) is 0.684. The molecule has 2 heterocycles. The number of nitrogens with one attached hydrogen (secondary N) is 1. The molecule has 4 nitrogen and oxygen atoms in total. The number of pyridine rings is 1. The first-order valence-corrected chi connectivity index (χ1v) is 9.08.